The van der Waals surface area contributed by atoms with Gasteiger partial charge in [0.15, 0.2) is 0 Å². The molecule has 2 rings (SSSR count). The summed E-state index contributed by atoms with van der Waals surface area (Å²) >= 11 is 1.89. The number of hydrogen-bond donors (Lipinski definition) is 1. The van der Waals surface area contributed by atoms with Crippen molar-refractivity contribution in [2.75, 3.05) is 12.0 Å². The van der Waals surface area contributed by atoms with Crippen molar-refractivity contribution < 1.29 is 4.74 Å². The second kappa shape index (κ2) is 5.54. The van der Waals surface area contributed by atoms with E-state index in [4.69, 9.17) is 4.74 Å². The van der Waals surface area contributed by atoms with Gasteiger partial charge in [-0.2, -0.15) is 11.8 Å². The van der Waals surface area contributed by atoms with Crippen molar-refractivity contribution >= 4 is 11.8 Å². The summed E-state index contributed by atoms with van der Waals surface area (Å²) in [5.74, 6) is 2.17. The lowest BCUT2D eigenvalue weighted by atomic mass is 9.89. The Morgan fingerprint density at radius 2 is 2.17 bits per heavy atom. The maximum Gasteiger partial charge on any atom is 0.124 e. The molecule has 100 valence electrons. The van der Waals surface area contributed by atoms with Crippen LogP contribution in [0, 0.1) is 0 Å². The summed E-state index contributed by atoms with van der Waals surface area (Å²) in [7, 11) is 0. The third-order valence-corrected chi connectivity index (χ3v) is 4.11. The zero-order valence-electron chi connectivity index (χ0n) is 11.7. The van der Waals surface area contributed by atoms with Crippen molar-refractivity contribution in [1.82, 2.24) is 5.32 Å². The molecular weight excluding hydrogens is 242 g/mol. The quantitative estimate of drug-likeness (QED) is 0.898. The van der Waals surface area contributed by atoms with Crippen molar-refractivity contribution in [3.05, 3.63) is 29.8 Å². The lowest BCUT2D eigenvalue weighted by Crippen LogP contribution is -2.42. The molecule has 18 heavy (non-hydrogen) atoms. The van der Waals surface area contributed by atoms with E-state index in [1.165, 1.54) is 5.56 Å². The lowest BCUT2D eigenvalue weighted by molar-refractivity contribution is 0.0646. The van der Waals surface area contributed by atoms with Crippen LogP contribution in [0.25, 0.3) is 0 Å². The largest absolute Gasteiger partial charge is 0.487 e. The van der Waals surface area contributed by atoms with E-state index in [1.54, 1.807) is 0 Å². The Kier molecular flexibility index (Phi) is 4.23. The molecule has 1 aliphatic rings. The Bertz CT molecular complexity index is 405. The molecule has 1 heterocycles. The van der Waals surface area contributed by atoms with E-state index in [1.807, 2.05) is 17.8 Å². The van der Waals surface area contributed by atoms with Gasteiger partial charge in [0, 0.05) is 29.8 Å². The summed E-state index contributed by atoms with van der Waals surface area (Å²) in [6.45, 7) is 6.58. The highest BCUT2D eigenvalue weighted by molar-refractivity contribution is 7.98. The molecule has 0 saturated heterocycles. The second-order valence-electron chi connectivity index (χ2n) is 5.68. The van der Waals surface area contributed by atoms with Crippen molar-refractivity contribution in [3.8, 4) is 5.75 Å². The molecule has 0 aromatic heterocycles. The Morgan fingerprint density at radius 3 is 2.89 bits per heavy atom. The number of thioether (sulfide) groups is 1. The van der Waals surface area contributed by atoms with Gasteiger partial charge in [0.05, 0.1) is 0 Å². The van der Waals surface area contributed by atoms with Crippen LogP contribution in [0.5, 0.6) is 5.75 Å². The monoisotopic (exact) mass is 265 g/mol. The topological polar surface area (TPSA) is 21.3 Å². The summed E-state index contributed by atoms with van der Waals surface area (Å²) < 4.78 is 6.05. The molecule has 2 unspecified atom stereocenters. The number of nitrogens with one attached hydrogen (secondary N) is 1. The molecule has 0 radical (unpaired) electrons. The van der Waals surface area contributed by atoms with Gasteiger partial charge in [-0.05, 0) is 33.1 Å². The van der Waals surface area contributed by atoms with Crippen LogP contribution in [-0.2, 0) is 0 Å². The fourth-order valence-electron chi connectivity index (χ4n) is 2.59. The van der Waals surface area contributed by atoms with Crippen molar-refractivity contribution in [2.45, 2.75) is 44.9 Å². The van der Waals surface area contributed by atoms with E-state index in [0.29, 0.717) is 12.1 Å². The number of fused-ring (bicyclic) bond motifs is 1. The van der Waals surface area contributed by atoms with Crippen LogP contribution < -0.4 is 10.1 Å². The van der Waals surface area contributed by atoms with Crippen LogP contribution in [-0.4, -0.2) is 23.7 Å². The van der Waals surface area contributed by atoms with E-state index in [0.717, 1.165) is 17.9 Å². The highest BCUT2D eigenvalue weighted by atomic mass is 32.2. The van der Waals surface area contributed by atoms with Gasteiger partial charge in [0.2, 0.25) is 0 Å². The molecule has 0 fully saturated rings. The zero-order chi connectivity index (χ0) is 13.2. The summed E-state index contributed by atoms with van der Waals surface area (Å²) in [5, 5.41) is 3.73. The van der Waals surface area contributed by atoms with E-state index < -0.39 is 0 Å². The van der Waals surface area contributed by atoms with Crippen molar-refractivity contribution in [3.63, 3.8) is 0 Å². The fourth-order valence-corrected chi connectivity index (χ4v) is 3.19. The molecule has 3 heteroatoms. The van der Waals surface area contributed by atoms with Gasteiger partial charge >= 0.3 is 0 Å². The molecule has 0 amide bonds. The van der Waals surface area contributed by atoms with Gasteiger partial charge in [-0.1, -0.05) is 18.2 Å². The predicted molar refractivity (Wildman–Crippen MR) is 79.5 cm³/mol. The van der Waals surface area contributed by atoms with Crippen LogP contribution in [0.1, 0.15) is 38.8 Å². The van der Waals surface area contributed by atoms with E-state index in [9.17, 15) is 0 Å². The van der Waals surface area contributed by atoms with Crippen molar-refractivity contribution in [1.29, 1.82) is 0 Å². The van der Waals surface area contributed by atoms with Crippen LogP contribution in [0.4, 0.5) is 0 Å². The number of para-hydroxylation sites is 1. The van der Waals surface area contributed by atoms with Gasteiger partial charge in [-0.15, -0.1) is 0 Å². The molecule has 2 atom stereocenters. The number of hydrogen-bond acceptors (Lipinski definition) is 3. The molecular formula is C15H23NOS. The molecule has 1 aliphatic heterocycles. The number of ether oxygens (including phenoxy) is 1. The third-order valence-electron chi connectivity index (χ3n) is 3.28. The van der Waals surface area contributed by atoms with Gasteiger partial charge in [0.1, 0.15) is 11.4 Å². The minimum Gasteiger partial charge on any atom is -0.487 e. The van der Waals surface area contributed by atoms with E-state index in [-0.39, 0.29) is 5.60 Å². The first-order valence-corrected chi connectivity index (χ1v) is 7.94. The highest BCUT2D eigenvalue weighted by Gasteiger charge is 2.33. The van der Waals surface area contributed by atoms with Gasteiger partial charge < -0.3 is 10.1 Å². The van der Waals surface area contributed by atoms with Gasteiger partial charge in [-0.25, -0.2) is 0 Å². The first-order chi connectivity index (χ1) is 8.52. The third kappa shape index (κ3) is 3.21. The normalized spacial score (nSPS) is 23.0. The maximum absolute atomic E-state index is 6.05. The fraction of sp³-hybridized carbons (Fsp3) is 0.600. The lowest BCUT2D eigenvalue weighted by Gasteiger charge is -2.39. The molecule has 0 bridgehead atoms. The first kappa shape index (κ1) is 13.8. The van der Waals surface area contributed by atoms with Crippen LogP contribution in [0.15, 0.2) is 24.3 Å². The standard InChI is InChI=1S/C15H23NOS/c1-11(10-18-4)16-13-9-15(2,3)17-14-8-6-5-7-12(13)14/h5-8,11,13,16H,9-10H2,1-4H3. The molecule has 2 nitrogen and oxygen atoms in total. The van der Waals surface area contributed by atoms with E-state index in [2.05, 4.69) is 50.5 Å². The molecule has 0 saturated carbocycles. The highest BCUT2D eigenvalue weighted by Crippen LogP contribution is 2.39. The Morgan fingerprint density at radius 1 is 1.44 bits per heavy atom. The summed E-state index contributed by atoms with van der Waals surface area (Å²) in [5.41, 5.74) is 1.20. The average molecular weight is 265 g/mol. The van der Waals surface area contributed by atoms with E-state index >= 15 is 0 Å². The average Bonchev–Trinajstić information content (AvgIpc) is 2.27. The maximum atomic E-state index is 6.05. The first-order valence-electron chi connectivity index (χ1n) is 6.55. The Balaban J connectivity index is 2.19. The molecule has 0 aliphatic carbocycles. The van der Waals surface area contributed by atoms with Crippen molar-refractivity contribution in [2.24, 2.45) is 0 Å². The summed E-state index contributed by atoms with van der Waals surface area (Å²) in [6.07, 6.45) is 3.17. The number of rotatable bonds is 4. The minimum absolute atomic E-state index is 0.0922. The van der Waals surface area contributed by atoms with Crippen LogP contribution in [0.3, 0.4) is 0 Å². The molecule has 1 aromatic carbocycles. The molecule has 1 N–H and O–H groups in total. The SMILES string of the molecule is CSCC(C)NC1CC(C)(C)Oc2ccccc21. The van der Waals surface area contributed by atoms with Gasteiger partial charge in [-0.3, -0.25) is 0 Å². The zero-order valence-corrected chi connectivity index (χ0v) is 12.5. The second-order valence-corrected chi connectivity index (χ2v) is 6.59. The Labute approximate surface area is 114 Å². The smallest absolute Gasteiger partial charge is 0.124 e. The summed E-state index contributed by atoms with van der Waals surface area (Å²) in [6, 6.07) is 9.30. The minimum atomic E-state index is -0.0922. The molecule has 1 aromatic rings. The Hall–Kier alpha value is -0.670. The van der Waals surface area contributed by atoms with Gasteiger partial charge in [0.25, 0.3) is 0 Å². The number of benzene rings is 1. The molecule has 0 spiro atoms. The van der Waals surface area contributed by atoms with Crippen LogP contribution >= 0.6 is 11.8 Å². The van der Waals surface area contributed by atoms with Crippen LogP contribution in [0.2, 0.25) is 0 Å². The predicted octanol–water partition coefficient (Wildman–Crippen LogP) is 3.63. The summed E-state index contributed by atoms with van der Waals surface area (Å²) in [4.78, 5) is 0.